The lowest BCUT2D eigenvalue weighted by Crippen LogP contribution is -2.42. The van der Waals surface area contributed by atoms with E-state index < -0.39 is 0 Å². The van der Waals surface area contributed by atoms with Crippen LogP contribution in [0.3, 0.4) is 0 Å². The fourth-order valence-electron chi connectivity index (χ4n) is 3.77. The summed E-state index contributed by atoms with van der Waals surface area (Å²) in [5.41, 5.74) is 2.41. The van der Waals surface area contributed by atoms with Gasteiger partial charge in [0.25, 0.3) is 5.91 Å². The molecular weight excluding hydrogens is 324 g/mol. The molecule has 1 atom stereocenters. The number of amides is 1. The Balaban J connectivity index is 1.87. The van der Waals surface area contributed by atoms with Crippen LogP contribution in [0, 0.1) is 6.92 Å². The predicted octanol–water partition coefficient (Wildman–Crippen LogP) is 3.99. The molecule has 0 spiro atoms. The zero-order valence-corrected chi connectivity index (χ0v) is 15.3. The largest absolute Gasteiger partial charge is 0.336 e. The summed E-state index contributed by atoms with van der Waals surface area (Å²) >= 11 is 0. The molecule has 0 radical (unpaired) electrons. The molecule has 5 heteroatoms. The molecule has 0 N–H and O–H groups in total. The van der Waals surface area contributed by atoms with Crippen LogP contribution in [0.15, 0.2) is 54.9 Å². The Morgan fingerprint density at radius 2 is 1.81 bits per heavy atom. The van der Waals surface area contributed by atoms with Gasteiger partial charge in [-0.05, 0) is 57.4 Å². The third kappa shape index (κ3) is 2.83. The SMILES string of the molecule is Cc1nn(-c2ccccc2)c(-n2cccc2)c1C(=O)N1CCCCC1C. The van der Waals surface area contributed by atoms with Crippen molar-refractivity contribution in [1.29, 1.82) is 0 Å². The second kappa shape index (κ2) is 6.83. The van der Waals surface area contributed by atoms with Gasteiger partial charge in [0.1, 0.15) is 5.56 Å². The molecule has 4 rings (SSSR count). The molecule has 1 aromatic carbocycles. The lowest BCUT2D eigenvalue weighted by atomic mass is 10.0. The third-order valence-corrected chi connectivity index (χ3v) is 5.16. The molecule has 0 saturated carbocycles. The lowest BCUT2D eigenvalue weighted by molar-refractivity contribution is 0.0635. The summed E-state index contributed by atoms with van der Waals surface area (Å²) in [6.45, 7) is 4.89. The number of piperidine rings is 1. The average Bonchev–Trinajstić information content (AvgIpc) is 3.30. The Morgan fingerprint density at radius 1 is 1.08 bits per heavy atom. The van der Waals surface area contributed by atoms with Crippen LogP contribution in [0.5, 0.6) is 0 Å². The molecule has 0 bridgehead atoms. The lowest BCUT2D eigenvalue weighted by Gasteiger charge is -2.33. The molecule has 1 aliphatic heterocycles. The van der Waals surface area contributed by atoms with Gasteiger partial charge in [-0.15, -0.1) is 0 Å². The maximum absolute atomic E-state index is 13.5. The van der Waals surface area contributed by atoms with E-state index in [2.05, 4.69) is 6.92 Å². The first-order chi connectivity index (χ1) is 12.7. The Hall–Kier alpha value is -2.82. The Bertz CT molecular complexity index is 896. The van der Waals surface area contributed by atoms with Gasteiger partial charge < -0.3 is 9.47 Å². The van der Waals surface area contributed by atoms with Gasteiger partial charge in [-0.1, -0.05) is 18.2 Å². The molecule has 1 amide bonds. The van der Waals surface area contributed by atoms with Gasteiger partial charge in [-0.3, -0.25) is 4.79 Å². The zero-order chi connectivity index (χ0) is 18.1. The van der Waals surface area contributed by atoms with Gasteiger partial charge in [0, 0.05) is 25.0 Å². The number of para-hydroxylation sites is 1. The second-order valence-electron chi connectivity index (χ2n) is 6.97. The number of rotatable bonds is 3. The summed E-state index contributed by atoms with van der Waals surface area (Å²) in [5.74, 6) is 0.891. The smallest absolute Gasteiger partial charge is 0.259 e. The third-order valence-electron chi connectivity index (χ3n) is 5.16. The van der Waals surface area contributed by atoms with Crippen molar-refractivity contribution >= 4 is 5.91 Å². The number of aryl methyl sites for hydroxylation is 1. The zero-order valence-electron chi connectivity index (χ0n) is 15.3. The van der Waals surface area contributed by atoms with Crippen molar-refractivity contribution in [3.8, 4) is 11.5 Å². The minimum absolute atomic E-state index is 0.0839. The molecule has 3 aromatic rings. The van der Waals surface area contributed by atoms with E-state index in [4.69, 9.17) is 5.10 Å². The number of likely N-dealkylation sites (tertiary alicyclic amines) is 1. The van der Waals surface area contributed by atoms with E-state index in [0.29, 0.717) is 5.56 Å². The fraction of sp³-hybridized carbons (Fsp3) is 0.333. The molecule has 3 heterocycles. The standard InChI is InChI=1S/C21H24N4O/c1-16-10-6-7-15-24(16)21(26)19-17(2)22-25(18-11-4-3-5-12-18)20(19)23-13-8-9-14-23/h3-5,8-9,11-14,16H,6-7,10,15H2,1-2H3. The summed E-state index contributed by atoms with van der Waals surface area (Å²) in [6, 6.07) is 14.2. The second-order valence-corrected chi connectivity index (χ2v) is 6.97. The van der Waals surface area contributed by atoms with E-state index >= 15 is 0 Å². The molecule has 1 unspecified atom stereocenters. The monoisotopic (exact) mass is 348 g/mol. The maximum atomic E-state index is 13.5. The molecule has 26 heavy (non-hydrogen) atoms. The normalized spacial score (nSPS) is 17.5. The number of hydrogen-bond donors (Lipinski definition) is 0. The van der Waals surface area contributed by atoms with Crippen molar-refractivity contribution in [3.63, 3.8) is 0 Å². The summed E-state index contributed by atoms with van der Waals surface area (Å²) in [4.78, 5) is 15.5. The van der Waals surface area contributed by atoms with Gasteiger partial charge in [0.2, 0.25) is 0 Å². The predicted molar refractivity (Wildman–Crippen MR) is 102 cm³/mol. The molecule has 0 aliphatic carbocycles. The maximum Gasteiger partial charge on any atom is 0.259 e. The molecule has 5 nitrogen and oxygen atoms in total. The molecule has 1 saturated heterocycles. The molecular formula is C21H24N4O. The number of aromatic nitrogens is 3. The van der Waals surface area contributed by atoms with Crippen LogP contribution in [0.2, 0.25) is 0 Å². The first-order valence-corrected chi connectivity index (χ1v) is 9.26. The van der Waals surface area contributed by atoms with Crippen LogP contribution < -0.4 is 0 Å². The van der Waals surface area contributed by atoms with Crippen LogP contribution in [0.4, 0.5) is 0 Å². The minimum Gasteiger partial charge on any atom is -0.336 e. The minimum atomic E-state index is 0.0839. The summed E-state index contributed by atoms with van der Waals surface area (Å²) in [5, 5.41) is 4.73. The molecule has 1 aliphatic rings. The van der Waals surface area contributed by atoms with E-state index in [1.807, 2.05) is 75.9 Å². The van der Waals surface area contributed by atoms with E-state index in [-0.39, 0.29) is 11.9 Å². The van der Waals surface area contributed by atoms with Crippen molar-refractivity contribution in [2.45, 2.75) is 39.2 Å². The summed E-state index contributed by atoms with van der Waals surface area (Å²) < 4.78 is 3.85. The van der Waals surface area contributed by atoms with Crippen molar-refractivity contribution in [2.75, 3.05) is 6.54 Å². The number of benzene rings is 1. The van der Waals surface area contributed by atoms with Crippen LogP contribution in [-0.2, 0) is 0 Å². The topological polar surface area (TPSA) is 43.1 Å². The number of carbonyl (C=O) groups excluding carboxylic acids is 1. The summed E-state index contributed by atoms with van der Waals surface area (Å²) in [7, 11) is 0. The molecule has 134 valence electrons. The number of nitrogens with zero attached hydrogens (tertiary/aromatic N) is 4. The first-order valence-electron chi connectivity index (χ1n) is 9.26. The molecule has 1 fully saturated rings. The van der Waals surface area contributed by atoms with Crippen LogP contribution in [-0.4, -0.2) is 37.7 Å². The van der Waals surface area contributed by atoms with Crippen LogP contribution in [0.1, 0.15) is 42.2 Å². The van der Waals surface area contributed by atoms with Crippen molar-refractivity contribution < 1.29 is 4.79 Å². The highest BCUT2D eigenvalue weighted by Crippen LogP contribution is 2.27. The van der Waals surface area contributed by atoms with Crippen molar-refractivity contribution in [3.05, 3.63) is 66.1 Å². The van der Waals surface area contributed by atoms with Gasteiger partial charge >= 0.3 is 0 Å². The Kier molecular flexibility index (Phi) is 4.37. The summed E-state index contributed by atoms with van der Waals surface area (Å²) in [6.07, 6.45) is 7.26. The average molecular weight is 348 g/mol. The number of carbonyl (C=O) groups is 1. The first kappa shape index (κ1) is 16.6. The van der Waals surface area contributed by atoms with Gasteiger partial charge in [-0.2, -0.15) is 5.10 Å². The van der Waals surface area contributed by atoms with Gasteiger partial charge in [0.05, 0.1) is 11.4 Å². The Morgan fingerprint density at radius 3 is 2.50 bits per heavy atom. The number of hydrogen-bond acceptors (Lipinski definition) is 2. The van der Waals surface area contributed by atoms with Crippen molar-refractivity contribution in [2.24, 2.45) is 0 Å². The van der Waals surface area contributed by atoms with Gasteiger partial charge in [-0.25, -0.2) is 4.68 Å². The van der Waals surface area contributed by atoms with Gasteiger partial charge in [0.15, 0.2) is 5.82 Å². The highest BCUT2D eigenvalue weighted by molar-refractivity contribution is 5.99. The highest BCUT2D eigenvalue weighted by Gasteiger charge is 2.30. The Labute approximate surface area is 153 Å². The highest BCUT2D eigenvalue weighted by atomic mass is 16.2. The van der Waals surface area contributed by atoms with Crippen LogP contribution >= 0.6 is 0 Å². The van der Waals surface area contributed by atoms with E-state index in [0.717, 1.165) is 36.6 Å². The fourth-order valence-corrected chi connectivity index (χ4v) is 3.77. The van der Waals surface area contributed by atoms with Crippen molar-refractivity contribution in [1.82, 2.24) is 19.2 Å². The van der Waals surface area contributed by atoms with Crippen LogP contribution in [0.25, 0.3) is 11.5 Å². The quantitative estimate of drug-likeness (QED) is 0.718. The van der Waals surface area contributed by atoms with E-state index in [1.165, 1.54) is 6.42 Å². The van der Waals surface area contributed by atoms with E-state index in [9.17, 15) is 4.79 Å². The molecule has 2 aromatic heterocycles. The van der Waals surface area contributed by atoms with E-state index in [1.54, 1.807) is 0 Å².